The second-order valence-corrected chi connectivity index (χ2v) is 19.2. The summed E-state index contributed by atoms with van der Waals surface area (Å²) in [5.74, 6) is -0.892. The summed E-state index contributed by atoms with van der Waals surface area (Å²) in [6, 6.07) is 0. The van der Waals surface area contributed by atoms with Crippen LogP contribution in [0, 0.1) is 0 Å². The minimum Gasteiger partial charge on any atom is -0.462 e. The van der Waals surface area contributed by atoms with Gasteiger partial charge in [-0.1, -0.05) is 242 Å². The van der Waals surface area contributed by atoms with Crippen molar-refractivity contribution in [1.29, 1.82) is 0 Å². The number of esters is 3. The maximum Gasteiger partial charge on any atom is 0.306 e. The number of rotatable bonds is 52. The molecule has 0 aliphatic rings. The summed E-state index contributed by atoms with van der Waals surface area (Å²) in [6.07, 6.45) is 69.2. The van der Waals surface area contributed by atoms with Crippen molar-refractivity contribution in [3.63, 3.8) is 0 Å². The third-order valence-electron chi connectivity index (χ3n) is 12.5. The Balaban J connectivity index is 4.37. The zero-order chi connectivity index (χ0) is 48.6. The molecule has 6 heteroatoms. The minimum absolute atomic E-state index is 0.0818. The Morgan fingerprint density at radius 1 is 0.313 bits per heavy atom. The van der Waals surface area contributed by atoms with Gasteiger partial charge in [0.2, 0.25) is 0 Å². The molecule has 0 bridgehead atoms. The monoisotopic (exact) mass is 937 g/mol. The molecule has 0 saturated carbocycles. The van der Waals surface area contributed by atoms with Crippen LogP contribution in [0.15, 0.2) is 60.8 Å². The number of unbranched alkanes of at least 4 members (excludes halogenated alkanes) is 33. The van der Waals surface area contributed by atoms with Crippen molar-refractivity contribution in [2.75, 3.05) is 13.2 Å². The first kappa shape index (κ1) is 64.1. The Bertz CT molecular complexity index is 1210. The van der Waals surface area contributed by atoms with E-state index < -0.39 is 6.10 Å². The smallest absolute Gasteiger partial charge is 0.306 e. The highest BCUT2D eigenvalue weighted by Gasteiger charge is 2.19. The van der Waals surface area contributed by atoms with E-state index in [0.29, 0.717) is 19.3 Å². The van der Waals surface area contributed by atoms with Crippen LogP contribution < -0.4 is 0 Å². The van der Waals surface area contributed by atoms with Gasteiger partial charge in [-0.05, 0) is 89.9 Å². The van der Waals surface area contributed by atoms with Crippen molar-refractivity contribution in [2.24, 2.45) is 0 Å². The largest absolute Gasteiger partial charge is 0.462 e. The summed E-state index contributed by atoms with van der Waals surface area (Å²) < 4.78 is 16.9. The zero-order valence-corrected chi connectivity index (χ0v) is 44.4. The molecule has 0 aliphatic carbocycles. The molecule has 0 radical (unpaired) electrons. The molecule has 0 rings (SSSR count). The van der Waals surface area contributed by atoms with Gasteiger partial charge in [0.25, 0.3) is 0 Å². The number of carbonyl (C=O) groups is 3. The van der Waals surface area contributed by atoms with Crippen LogP contribution in [-0.2, 0) is 28.6 Å². The molecule has 0 aromatic carbocycles. The standard InChI is InChI=1S/C61H108O6/c1-4-7-10-13-16-19-22-25-28-29-30-31-34-36-39-42-45-48-51-54-60(63)66-57-58(67-61(64)55-52-49-46-43-40-37-33-27-24-21-18-15-12-9-6-3)56-65-59(62)53-50-47-44-41-38-35-32-26-23-20-17-14-11-8-5-2/h9,12,15,18,20-21,23-24,29-30,58H,4-8,10-11,13-14,16-17,19,22,25-28,31-57H2,1-3H3/b12-9-,18-15-,23-20-,24-21-,30-29-. The molecule has 67 heavy (non-hydrogen) atoms. The summed E-state index contributed by atoms with van der Waals surface area (Å²) in [6.45, 7) is 6.51. The van der Waals surface area contributed by atoms with Crippen molar-refractivity contribution >= 4 is 17.9 Å². The van der Waals surface area contributed by atoms with Crippen LogP contribution in [-0.4, -0.2) is 37.2 Å². The van der Waals surface area contributed by atoms with E-state index in [1.165, 1.54) is 180 Å². The topological polar surface area (TPSA) is 78.9 Å². The Morgan fingerprint density at radius 3 is 0.955 bits per heavy atom. The van der Waals surface area contributed by atoms with Crippen molar-refractivity contribution < 1.29 is 28.6 Å². The molecular formula is C61H108O6. The Labute approximate surface area is 415 Å². The summed E-state index contributed by atoms with van der Waals surface area (Å²) in [7, 11) is 0. The predicted molar refractivity (Wildman–Crippen MR) is 288 cm³/mol. The third-order valence-corrected chi connectivity index (χ3v) is 12.5. The highest BCUT2D eigenvalue weighted by molar-refractivity contribution is 5.71. The van der Waals surface area contributed by atoms with E-state index in [1.54, 1.807) is 0 Å². The molecule has 0 spiro atoms. The van der Waals surface area contributed by atoms with Crippen LogP contribution in [0.5, 0.6) is 0 Å². The molecule has 6 nitrogen and oxygen atoms in total. The highest BCUT2D eigenvalue weighted by Crippen LogP contribution is 2.15. The molecule has 0 saturated heterocycles. The lowest BCUT2D eigenvalue weighted by molar-refractivity contribution is -0.167. The number of ether oxygens (including phenoxy) is 3. The third kappa shape index (κ3) is 53.9. The van der Waals surface area contributed by atoms with Crippen LogP contribution >= 0.6 is 0 Å². The fourth-order valence-electron chi connectivity index (χ4n) is 8.20. The van der Waals surface area contributed by atoms with Gasteiger partial charge in [0.1, 0.15) is 13.2 Å². The van der Waals surface area contributed by atoms with Crippen LogP contribution in [0.25, 0.3) is 0 Å². The normalized spacial score (nSPS) is 12.5. The van der Waals surface area contributed by atoms with Gasteiger partial charge in [0.15, 0.2) is 6.10 Å². The van der Waals surface area contributed by atoms with Crippen LogP contribution in [0.2, 0.25) is 0 Å². The molecular weight excluding hydrogens is 829 g/mol. The molecule has 0 aromatic rings. The Kier molecular flexibility index (Phi) is 53.3. The van der Waals surface area contributed by atoms with Gasteiger partial charge < -0.3 is 14.2 Å². The average Bonchev–Trinajstić information content (AvgIpc) is 3.33. The first-order valence-corrected chi connectivity index (χ1v) is 28.8. The minimum atomic E-state index is -0.784. The average molecular weight is 938 g/mol. The second kappa shape index (κ2) is 55.7. The van der Waals surface area contributed by atoms with E-state index in [9.17, 15) is 14.4 Å². The van der Waals surface area contributed by atoms with Gasteiger partial charge >= 0.3 is 17.9 Å². The number of hydrogen-bond acceptors (Lipinski definition) is 6. The first-order chi connectivity index (χ1) is 33.0. The SMILES string of the molecule is CC\C=C/C=C\C=C/CCCCCCCCCC(=O)OC(COC(=O)CCCCCCCCC/C=C\CCCCCC)COC(=O)CCCCCCCCC/C=C\CCCCCCCCCC. The zero-order valence-electron chi connectivity index (χ0n) is 44.4. The lowest BCUT2D eigenvalue weighted by Crippen LogP contribution is -2.30. The fraction of sp³-hybridized carbons (Fsp3) is 0.787. The van der Waals surface area contributed by atoms with Crippen molar-refractivity contribution in [2.45, 2.75) is 297 Å². The quantitative estimate of drug-likeness (QED) is 0.0199. The van der Waals surface area contributed by atoms with Crippen LogP contribution in [0.1, 0.15) is 290 Å². The van der Waals surface area contributed by atoms with Crippen molar-refractivity contribution in [3.05, 3.63) is 60.8 Å². The molecule has 0 aliphatic heterocycles. The molecule has 0 amide bonds. The molecule has 388 valence electrons. The lowest BCUT2D eigenvalue weighted by atomic mass is 10.1. The van der Waals surface area contributed by atoms with E-state index in [2.05, 4.69) is 81.5 Å². The van der Waals surface area contributed by atoms with E-state index in [1.807, 2.05) is 0 Å². The summed E-state index contributed by atoms with van der Waals surface area (Å²) >= 11 is 0. The predicted octanol–water partition coefficient (Wildman–Crippen LogP) is 19.2. The van der Waals surface area contributed by atoms with Gasteiger partial charge in [-0.2, -0.15) is 0 Å². The van der Waals surface area contributed by atoms with Gasteiger partial charge in [-0.15, -0.1) is 0 Å². The van der Waals surface area contributed by atoms with Crippen LogP contribution in [0.4, 0.5) is 0 Å². The van der Waals surface area contributed by atoms with Crippen molar-refractivity contribution in [1.82, 2.24) is 0 Å². The summed E-state index contributed by atoms with van der Waals surface area (Å²) in [5, 5.41) is 0. The van der Waals surface area contributed by atoms with Gasteiger partial charge in [0, 0.05) is 19.3 Å². The maximum absolute atomic E-state index is 12.8. The Hall–Kier alpha value is -2.89. The molecule has 0 N–H and O–H groups in total. The first-order valence-electron chi connectivity index (χ1n) is 28.8. The lowest BCUT2D eigenvalue weighted by Gasteiger charge is -2.18. The van der Waals surface area contributed by atoms with E-state index in [0.717, 1.165) is 70.6 Å². The molecule has 0 heterocycles. The molecule has 0 aromatic heterocycles. The fourth-order valence-corrected chi connectivity index (χ4v) is 8.20. The van der Waals surface area contributed by atoms with Gasteiger partial charge in [-0.25, -0.2) is 0 Å². The summed E-state index contributed by atoms with van der Waals surface area (Å²) in [4.78, 5) is 38.1. The highest BCUT2D eigenvalue weighted by atomic mass is 16.6. The number of allylic oxidation sites excluding steroid dienone is 10. The molecule has 0 fully saturated rings. The van der Waals surface area contributed by atoms with Crippen molar-refractivity contribution in [3.8, 4) is 0 Å². The van der Waals surface area contributed by atoms with Gasteiger partial charge in [0.05, 0.1) is 0 Å². The number of hydrogen-bond donors (Lipinski definition) is 0. The summed E-state index contributed by atoms with van der Waals surface area (Å²) in [5.41, 5.74) is 0. The molecule has 1 unspecified atom stereocenters. The molecule has 1 atom stereocenters. The van der Waals surface area contributed by atoms with E-state index >= 15 is 0 Å². The second-order valence-electron chi connectivity index (χ2n) is 19.2. The van der Waals surface area contributed by atoms with Crippen LogP contribution in [0.3, 0.4) is 0 Å². The van der Waals surface area contributed by atoms with Gasteiger partial charge in [-0.3, -0.25) is 14.4 Å². The van der Waals surface area contributed by atoms with E-state index in [-0.39, 0.29) is 31.1 Å². The Morgan fingerprint density at radius 2 is 0.597 bits per heavy atom. The number of carbonyl (C=O) groups excluding carboxylic acids is 3. The van der Waals surface area contributed by atoms with E-state index in [4.69, 9.17) is 14.2 Å². The maximum atomic E-state index is 12.8.